The summed E-state index contributed by atoms with van der Waals surface area (Å²) in [6.07, 6.45) is 0.379. The molecule has 0 unspecified atom stereocenters. The Bertz CT molecular complexity index is 1210. The van der Waals surface area contributed by atoms with Gasteiger partial charge in [0.1, 0.15) is 12.0 Å². The molecule has 1 aliphatic heterocycles. The number of rotatable bonds is 5. The van der Waals surface area contributed by atoms with Crippen LogP contribution in [0.3, 0.4) is 0 Å². The second-order valence-corrected chi connectivity index (χ2v) is 8.92. The van der Waals surface area contributed by atoms with Gasteiger partial charge in [-0.1, -0.05) is 0 Å². The van der Waals surface area contributed by atoms with Crippen molar-refractivity contribution in [2.24, 2.45) is 11.8 Å². The number of oxazole rings is 1. The Kier molecular flexibility index (Phi) is 5.49. The first-order valence-electron chi connectivity index (χ1n) is 11.0. The molecule has 2 fully saturated rings. The van der Waals surface area contributed by atoms with Gasteiger partial charge in [0.05, 0.1) is 16.8 Å². The number of likely N-dealkylation sites (tertiary alicyclic amines) is 1. The van der Waals surface area contributed by atoms with Gasteiger partial charge in [-0.05, 0) is 50.7 Å². The summed E-state index contributed by atoms with van der Waals surface area (Å²) in [5.74, 6) is 1.20. The topological polar surface area (TPSA) is 97.0 Å². The zero-order valence-electron chi connectivity index (χ0n) is 18.6. The number of nitrogens with one attached hydrogen (secondary N) is 1. The Labute approximate surface area is 193 Å². The van der Waals surface area contributed by atoms with E-state index in [2.05, 4.69) is 25.3 Å². The van der Waals surface area contributed by atoms with Crippen LogP contribution in [-0.4, -0.2) is 49.9 Å². The van der Waals surface area contributed by atoms with E-state index in [-0.39, 0.29) is 23.6 Å². The summed E-state index contributed by atoms with van der Waals surface area (Å²) in [6.45, 7) is 4.54. The molecule has 0 aromatic carbocycles. The van der Waals surface area contributed by atoms with Crippen LogP contribution < -0.4 is 5.32 Å². The first-order chi connectivity index (χ1) is 16.2. The first kappa shape index (κ1) is 22.3. The van der Waals surface area contributed by atoms with Crippen LogP contribution in [0.1, 0.15) is 40.3 Å². The van der Waals surface area contributed by atoms with Crippen LogP contribution in [0.25, 0.3) is 11.5 Å². The molecule has 5 rings (SSSR count). The number of hydrogen-bond acceptors (Lipinski definition) is 7. The van der Waals surface area contributed by atoms with Crippen LogP contribution >= 0.6 is 0 Å². The standard InChI is InChI=1S/C23H23F3N6O2/c1-12-3-4-18(20-31-13(2)11-34-20)19(30-12)21(33)32-10-15-5-14(15)6-17(32)9-29-22-27-7-16(8-28-22)23(24,25)26/h3-4,7-8,11,14-15,17H,5-6,9-10H2,1-2H3,(H,27,28,29)/t14-,15+,17+/m1/s1. The summed E-state index contributed by atoms with van der Waals surface area (Å²) in [5, 5.41) is 2.99. The Morgan fingerprint density at radius 1 is 1.12 bits per heavy atom. The van der Waals surface area contributed by atoms with Gasteiger partial charge in [-0.15, -0.1) is 0 Å². The second kappa shape index (κ2) is 8.37. The molecule has 0 radical (unpaired) electrons. The molecule has 0 spiro atoms. The van der Waals surface area contributed by atoms with Crippen molar-refractivity contribution in [2.75, 3.05) is 18.4 Å². The molecule has 3 aromatic rings. The predicted molar refractivity (Wildman–Crippen MR) is 116 cm³/mol. The van der Waals surface area contributed by atoms with Gasteiger partial charge >= 0.3 is 6.18 Å². The van der Waals surface area contributed by atoms with Gasteiger partial charge in [0, 0.05) is 37.2 Å². The van der Waals surface area contributed by atoms with Crippen LogP contribution in [0.15, 0.2) is 35.2 Å². The number of carbonyl (C=O) groups is 1. The van der Waals surface area contributed by atoms with Crippen molar-refractivity contribution in [2.45, 2.75) is 38.9 Å². The zero-order chi connectivity index (χ0) is 24.0. The van der Waals surface area contributed by atoms with Gasteiger partial charge in [-0.3, -0.25) is 4.79 Å². The largest absolute Gasteiger partial charge is 0.444 e. The molecule has 178 valence electrons. The summed E-state index contributed by atoms with van der Waals surface area (Å²) in [6, 6.07) is 3.41. The molecule has 1 amide bonds. The fourth-order valence-electron chi connectivity index (χ4n) is 4.42. The smallest absolute Gasteiger partial charge is 0.419 e. The van der Waals surface area contributed by atoms with E-state index in [1.54, 1.807) is 24.0 Å². The van der Waals surface area contributed by atoms with Gasteiger partial charge in [-0.2, -0.15) is 13.2 Å². The number of pyridine rings is 1. The highest BCUT2D eigenvalue weighted by Crippen LogP contribution is 2.47. The number of nitrogens with zero attached hydrogens (tertiary/aromatic N) is 5. The molecule has 34 heavy (non-hydrogen) atoms. The van der Waals surface area contributed by atoms with E-state index in [1.807, 2.05) is 6.92 Å². The number of aromatic nitrogens is 4. The van der Waals surface area contributed by atoms with Gasteiger partial charge in [0.15, 0.2) is 0 Å². The minimum absolute atomic E-state index is 0.0861. The fourth-order valence-corrected chi connectivity index (χ4v) is 4.42. The lowest BCUT2D eigenvalue weighted by atomic mass is 10.0. The highest BCUT2D eigenvalue weighted by Gasteiger charge is 2.47. The quantitative estimate of drug-likeness (QED) is 0.597. The van der Waals surface area contributed by atoms with Crippen molar-refractivity contribution in [3.05, 3.63) is 53.4 Å². The summed E-state index contributed by atoms with van der Waals surface area (Å²) < 4.78 is 43.8. The maximum Gasteiger partial charge on any atom is 0.419 e. The zero-order valence-corrected chi connectivity index (χ0v) is 18.6. The lowest BCUT2D eigenvalue weighted by Gasteiger charge is -2.35. The molecule has 3 atom stereocenters. The normalized spacial score (nSPS) is 21.8. The Morgan fingerprint density at radius 3 is 2.56 bits per heavy atom. The molecule has 1 saturated carbocycles. The van der Waals surface area contributed by atoms with Crippen molar-refractivity contribution in [3.63, 3.8) is 0 Å². The highest BCUT2D eigenvalue weighted by molar-refractivity contribution is 5.98. The van der Waals surface area contributed by atoms with E-state index in [4.69, 9.17) is 4.42 Å². The predicted octanol–water partition coefficient (Wildman–Crippen LogP) is 4.12. The minimum atomic E-state index is -4.49. The molecule has 8 nitrogen and oxygen atoms in total. The number of anilines is 1. The Balaban J connectivity index is 1.37. The first-order valence-corrected chi connectivity index (χ1v) is 11.0. The second-order valence-electron chi connectivity index (χ2n) is 8.92. The molecule has 3 aromatic heterocycles. The number of hydrogen-bond donors (Lipinski definition) is 1. The van der Waals surface area contributed by atoms with Crippen LogP contribution in [0.5, 0.6) is 0 Å². The molecule has 0 bridgehead atoms. The Hall–Kier alpha value is -3.50. The van der Waals surface area contributed by atoms with Crippen LogP contribution in [0, 0.1) is 25.7 Å². The summed E-state index contributed by atoms with van der Waals surface area (Å²) in [5.41, 5.74) is 1.29. The molecule has 1 N–H and O–H groups in total. The third-order valence-electron chi connectivity index (χ3n) is 6.34. The Morgan fingerprint density at radius 2 is 1.88 bits per heavy atom. The van der Waals surface area contributed by atoms with E-state index >= 15 is 0 Å². The summed E-state index contributed by atoms with van der Waals surface area (Å²) >= 11 is 0. The third kappa shape index (κ3) is 4.46. The van der Waals surface area contributed by atoms with Crippen molar-refractivity contribution in [1.29, 1.82) is 0 Å². The average molecular weight is 472 g/mol. The van der Waals surface area contributed by atoms with Crippen LogP contribution in [-0.2, 0) is 6.18 Å². The number of fused-ring (bicyclic) bond motifs is 1. The highest BCUT2D eigenvalue weighted by atomic mass is 19.4. The van der Waals surface area contributed by atoms with Gasteiger partial charge in [0.2, 0.25) is 11.8 Å². The number of carbonyl (C=O) groups excluding carboxylic acids is 1. The number of alkyl halides is 3. The third-order valence-corrected chi connectivity index (χ3v) is 6.34. The van der Waals surface area contributed by atoms with Crippen LogP contribution in [0.2, 0.25) is 0 Å². The SMILES string of the molecule is Cc1coc(-c2ccc(C)nc2C(=O)N2C[C@@H]3C[C@@H]3C[C@H]2CNc2ncc(C(F)(F)F)cn2)n1. The maximum atomic E-state index is 13.7. The number of halogens is 3. The number of amides is 1. The maximum absolute atomic E-state index is 13.7. The van der Waals surface area contributed by atoms with Gasteiger partial charge in [0.25, 0.3) is 5.91 Å². The number of piperidine rings is 1. The van der Waals surface area contributed by atoms with E-state index in [0.29, 0.717) is 47.8 Å². The molecule has 4 heterocycles. The van der Waals surface area contributed by atoms with E-state index < -0.39 is 11.7 Å². The molecule has 11 heteroatoms. The van der Waals surface area contributed by atoms with Crippen molar-refractivity contribution < 1.29 is 22.4 Å². The van der Waals surface area contributed by atoms with Crippen molar-refractivity contribution >= 4 is 11.9 Å². The van der Waals surface area contributed by atoms with Crippen LogP contribution in [0.4, 0.5) is 19.1 Å². The van der Waals surface area contributed by atoms with E-state index in [0.717, 1.165) is 25.2 Å². The van der Waals surface area contributed by atoms with Gasteiger partial charge in [-0.25, -0.2) is 19.9 Å². The van der Waals surface area contributed by atoms with Crippen molar-refractivity contribution in [3.8, 4) is 11.5 Å². The lowest BCUT2D eigenvalue weighted by molar-refractivity contribution is -0.138. The molecular formula is C23H23F3N6O2. The fraction of sp³-hybridized carbons (Fsp3) is 0.435. The average Bonchev–Trinajstić information content (AvgIpc) is 3.44. The van der Waals surface area contributed by atoms with Crippen molar-refractivity contribution in [1.82, 2.24) is 24.8 Å². The monoisotopic (exact) mass is 472 g/mol. The van der Waals surface area contributed by atoms with E-state index in [9.17, 15) is 18.0 Å². The summed E-state index contributed by atoms with van der Waals surface area (Å²) in [4.78, 5) is 31.9. The number of aryl methyl sites for hydroxylation is 2. The van der Waals surface area contributed by atoms with Gasteiger partial charge < -0.3 is 14.6 Å². The van der Waals surface area contributed by atoms with E-state index in [1.165, 1.54) is 6.26 Å². The minimum Gasteiger partial charge on any atom is -0.444 e. The lowest BCUT2D eigenvalue weighted by Crippen LogP contribution is -2.48. The molecule has 1 saturated heterocycles. The molecule has 1 aliphatic carbocycles. The molecule has 2 aliphatic rings. The molecular weight excluding hydrogens is 449 g/mol. The summed E-state index contributed by atoms with van der Waals surface area (Å²) in [7, 11) is 0.